The first-order valence-electron chi connectivity index (χ1n) is 5.95. The average molecular weight is 360 g/mol. The summed E-state index contributed by atoms with van der Waals surface area (Å²) >= 11 is 2.88. The van der Waals surface area contributed by atoms with E-state index in [-0.39, 0.29) is 22.3 Å². The Morgan fingerprint density at radius 2 is 1.86 bits per heavy atom. The van der Waals surface area contributed by atoms with Crippen molar-refractivity contribution < 1.29 is 8.78 Å². The number of rotatable bonds is 3. The zero-order valence-electron chi connectivity index (χ0n) is 11.3. The van der Waals surface area contributed by atoms with Crippen LogP contribution in [0.25, 0.3) is 0 Å². The molecule has 1 N–H and O–H groups in total. The Morgan fingerprint density at radius 3 is 2.52 bits per heavy atom. The minimum atomic E-state index is -0.648. The van der Waals surface area contributed by atoms with Gasteiger partial charge in [-0.2, -0.15) is 0 Å². The highest BCUT2D eigenvalue weighted by Gasteiger charge is 2.10. The van der Waals surface area contributed by atoms with Gasteiger partial charge in [-0.05, 0) is 22.0 Å². The van der Waals surface area contributed by atoms with Crippen LogP contribution in [0.4, 0.5) is 14.5 Å². The van der Waals surface area contributed by atoms with Gasteiger partial charge in [-0.3, -0.25) is 9.36 Å². The highest BCUT2D eigenvalue weighted by atomic mass is 79.9. The number of aryl methyl sites for hydroxylation is 1. The summed E-state index contributed by atoms with van der Waals surface area (Å²) in [5.74, 6) is -1.27. The summed E-state index contributed by atoms with van der Waals surface area (Å²) in [6.45, 7) is -0.0290. The molecule has 1 heterocycles. The molecule has 0 atom stereocenters. The van der Waals surface area contributed by atoms with E-state index in [1.165, 1.54) is 24.9 Å². The largest absolute Gasteiger partial charge is 0.378 e. The third-order valence-electron chi connectivity index (χ3n) is 3.00. The maximum atomic E-state index is 13.7. The summed E-state index contributed by atoms with van der Waals surface area (Å²) < 4.78 is 29.3. The Bertz CT molecular complexity index is 814. The van der Waals surface area contributed by atoms with Gasteiger partial charge >= 0.3 is 5.69 Å². The number of hydrogen-bond acceptors (Lipinski definition) is 3. The lowest BCUT2D eigenvalue weighted by Gasteiger charge is -2.10. The lowest BCUT2D eigenvalue weighted by molar-refractivity contribution is 0.596. The SMILES string of the molecule is Cn1cc(CNc2cc(F)c(Br)cc2F)c(=O)n(C)c1=O. The Kier molecular flexibility index (Phi) is 4.26. The molecular weight excluding hydrogens is 348 g/mol. The Hall–Kier alpha value is -1.96. The third-order valence-corrected chi connectivity index (χ3v) is 3.60. The van der Waals surface area contributed by atoms with Gasteiger partial charge < -0.3 is 9.88 Å². The van der Waals surface area contributed by atoms with Crippen LogP contribution >= 0.6 is 15.9 Å². The first-order chi connectivity index (χ1) is 9.81. The fraction of sp³-hybridized carbons (Fsp3) is 0.231. The quantitative estimate of drug-likeness (QED) is 0.849. The van der Waals surface area contributed by atoms with Crippen LogP contribution < -0.4 is 16.6 Å². The van der Waals surface area contributed by atoms with E-state index < -0.39 is 22.9 Å². The van der Waals surface area contributed by atoms with E-state index in [0.717, 1.165) is 16.7 Å². The maximum absolute atomic E-state index is 13.7. The van der Waals surface area contributed by atoms with E-state index in [0.29, 0.717) is 0 Å². The van der Waals surface area contributed by atoms with Gasteiger partial charge in [0, 0.05) is 32.9 Å². The first-order valence-corrected chi connectivity index (χ1v) is 6.74. The summed E-state index contributed by atoms with van der Waals surface area (Å²) in [7, 11) is 2.86. The molecule has 2 rings (SSSR count). The van der Waals surface area contributed by atoms with Gasteiger partial charge in [0.2, 0.25) is 0 Å². The van der Waals surface area contributed by atoms with E-state index in [1.54, 1.807) is 0 Å². The topological polar surface area (TPSA) is 56.0 Å². The molecule has 0 radical (unpaired) electrons. The summed E-state index contributed by atoms with van der Waals surface area (Å²) in [4.78, 5) is 23.4. The van der Waals surface area contributed by atoms with Crippen LogP contribution in [0.1, 0.15) is 5.56 Å². The van der Waals surface area contributed by atoms with Gasteiger partial charge in [0.1, 0.15) is 11.6 Å². The molecule has 0 saturated carbocycles. The molecule has 0 spiro atoms. The number of benzene rings is 1. The molecule has 1 aromatic heterocycles. The van der Waals surface area contributed by atoms with Crippen LogP contribution in [0.15, 0.2) is 32.4 Å². The van der Waals surface area contributed by atoms with Crippen molar-refractivity contribution in [3.8, 4) is 0 Å². The van der Waals surface area contributed by atoms with Crippen molar-refractivity contribution in [1.29, 1.82) is 0 Å². The second kappa shape index (κ2) is 5.80. The van der Waals surface area contributed by atoms with Crippen molar-refractivity contribution in [2.75, 3.05) is 5.32 Å². The van der Waals surface area contributed by atoms with Gasteiger partial charge in [0.25, 0.3) is 5.56 Å². The van der Waals surface area contributed by atoms with Crippen molar-refractivity contribution in [3.05, 3.63) is 60.8 Å². The Morgan fingerprint density at radius 1 is 1.19 bits per heavy atom. The summed E-state index contributed by atoms with van der Waals surface area (Å²) in [6.07, 6.45) is 1.37. The summed E-state index contributed by atoms with van der Waals surface area (Å²) in [6, 6.07) is 1.99. The number of aromatic nitrogens is 2. The van der Waals surface area contributed by atoms with Gasteiger partial charge in [0.05, 0.1) is 15.7 Å². The molecule has 0 saturated heterocycles. The molecule has 0 aliphatic rings. The molecule has 1 aromatic carbocycles. The number of nitrogens with one attached hydrogen (secondary N) is 1. The predicted molar refractivity (Wildman–Crippen MR) is 78.3 cm³/mol. The number of hydrogen-bond donors (Lipinski definition) is 1. The predicted octanol–water partition coefficient (Wildman–Crippen LogP) is 1.74. The van der Waals surface area contributed by atoms with Gasteiger partial charge in [-0.15, -0.1) is 0 Å². The molecule has 8 heteroatoms. The average Bonchev–Trinajstić information content (AvgIpc) is 2.44. The van der Waals surface area contributed by atoms with Crippen molar-refractivity contribution in [2.45, 2.75) is 6.54 Å². The second-order valence-electron chi connectivity index (χ2n) is 4.51. The van der Waals surface area contributed by atoms with Crippen LogP contribution in [0.5, 0.6) is 0 Å². The maximum Gasteiger partial charge on any atom is 0.330 e. The van der Waals surface area contributed by atoms with E-state index in [4.69, 9.17) is 0 Å². The lowest BCUT2D eigenvalue weighted by Crippen LogP contribution is -2.38. The normalized spacial score (nSPS) is 10.7. The van der Waals surface area contributed by atoms with E-state index in [1.807, 2.05) is 0 Å². The Labute approximate surface area is 127 Å². The molecule has 0 aliphatic carbocycles. The minimum Gasteiger partial charge on any atom is -0.378 e. The van der Waals surface area contributed by atoms with Gasteiger partial charge in [-0.1, -0.05) is 0 Å². The molecule has 21 heavy (non-hydrogen) atoms. The highest BCUT2D eigenvalue weighted by molar-refractivity contribution is 9.10. The zero-order valence-corrected chi connectivity index (χ0v) is 12.9. The van der Waals surface area contributed by atoms with Crippen LogP contribution in [0, 0.1) is 11.6 Å². The monoisotopic (exact) mass is 359 g/mol. The highest BCUT2D eigenvalue weighted by Crippen LogP contribution is 2.23. The first kappa shape index (κ1) is 15.4. The Balaban J connectivity index is 2.31. The summed E-state index contributed by atoms with van der Waals surface area (Å²) in [5.41, 5.74) is -0.734. The smallest absolute Gasteiger partial charge is 0.330 e. The van der Waals surface area contributed by atoms with Crippen LogP contribution in [-0.2, 0) is 20.6 Å². The molecule has 0 aliphatic heterocycles. The number of halogens is 3. The molecule has 0 bridgehead atoms. The van der Waals surface area contributed by atoms with E-state index in [2.05, 4.69) is 21.2 Å². The van der Waals surface area contributed by atoms with Crippen LogP contribution in [0.2, 0.25) is 0 Å². The molecule has 0 fully saturated rings. The number of anilines is 1. The number of nitrogens with zero attached hydrogens (tertiary/aromatic N) is 2. The molecule has 0 amide bonds. The fourth-order valence-electron chi connectivity index (χ4n) is 1.85. The molecule has 112 valence electrons. The standard InChI is InChI=1S/C13H12BrF2N3O2/c1-18-6-7(12(20)19(2)13(18)21)5-17-11-4-9(15)8(14)3-10(11)16/h3-4,6,17H,5H2,1-2H3. The minimum absolute atomic E-state index is 0.0172. The molecule has 5 nitrogen and oxygen atoms in total. The van der Waals surface area contributed by atoms with Crippen molar-refractivity contribution in [1.82, 2.24) is 9.13 Å². The van der Waals surface area contributed by atoms with Crippen LogP contribution in [0.3, 0.4) is 0 Å². The van der Waals surface area contributed by atoms with Crippen molar-refractivity contribution in [2.24, 2.45) is 14.1 Å². The zero-order chi connectivity index (χ0) is 15.7. The third kappa shape index (κ3) is 3.05. The summed E-state index contributed by atoms with van der Waals surface area (Å²) in [5, 5.41) is 2.65. The molecule has 2 aromatic rings. The van der Waals surface area contributed by atoms with Crippen molar-refractivity contribution >= 4 is 21.6 Å². The van der Waals surface area contributed by atoms with Gasteiger partial charge in [0.15, 0.2) is 0 Å². The van der Waals surface area contributed by atoms with Gasteiger partial charge in [-0.25, -0.2) is 13.6 Å². The van der Waals surface area contributed by atoms with E-state index in [9.17, 15) is 18.4 Å². The molecular formula is C13H12BrF2N3O2. The molecule has 0 unspecified atom stereocenters. The van der Waals surface area contributed by atoms with Crippen molar-refractivity contribution in [3.63, 3.8) is 0 Å². The second-order valence-corrected chi connectivity index (χ2v) is 5.37. The van der Waals surface area contributed by atoms with E-state index >= 15 is 0 Å². The lowest BCUT2D eigenvalue weighted by atomic mass is 10.2. The van der Waals surface area contributed by atoms with Crippen LogP contribution in [-0.4, -0.2) is 9.13 Å². The fourth-order valence-corrected chi connectivity index (χ4v) is 2.17.